The number of likely N-dealkylation sites (tertiary alicyclic amines) is 1. The second-order valence-corrected chi connectivity index (χ2v) is 7.13. The summed E-state index contributed by atoms with van der Waals surface area (Å²) in [5.74, 6) is 0.122. The van der Waals surface area contributed by atoms with Crippen LogP contribution in [0, 0.1) is 0 Å². The van der Waals surface area contributed by atoms with Gasteiger partial charge in [0.25, 0.3) is 0 Å². The van der Waals surface area contributed by atoms with Gasteiger partial charge >= 0.3 is 0 Å². The van der Waals surface area contributed by atoms with E-state index in [1.54, 1.807) is 17.5 Å². The number of carbonyl (C=O) groups excluding carboxylic acids is 1. The second-order valence-electron chi connectivity index (χ2n) is 6.13. The van der Waals surface area contributed by atoms with Crippen LogP contribution in [0.4, 0.5) is 0 Å². The van der Waals surface area contributed by atoms with Gasteiger partial charge in [0.1, 0.15) is 0 Å². The third-order valence-corrected chi connectivity index (χ3v) is 5.72. The lowest BCUT2D eigenvalue weighted by atomic mass is 9.92. The van der Waals surface area contributed by atoms with E-state index in [0.29, 0.717) is 18.6 Å². The zero-order chi connectivity index (χ0) is 14.7. The first-order valence-electron chi connectivity index (χ1n) is 8.01. The van der Waals surface area contributed by atoms with E-state index in [4.69, 9.17) is 0 Å². The minimum atomic E-state index is 0.122. The fourth-order valence-electron chi connectivity index (χ4n) is 3.48. The highest BCUT2D eigenvalue weighted by molar-refractivity contribution is 7.10. The lowest BCUT2D eigenvalue weighted by molar-refractivity contribution is -0.122. The highest BCUT2D eigenvalue weighted by atomic mass is 32.1. The summed E-state index contributed by atoms with van der Waals surface area (Å²) in [6.07, 6.45) is 6.12. The van der Waals surface area contributed by atoms with Gasteiger partial charge in [-0.15, -0.1) is 11.3 Å². The molecule has 0 radical (unpaired) electrons. The molecule has 21 heavy (non-hydrogen) atoms. The molecule has 0 aromatic carbocycles. The number of likely N-dealkylation sites (N-methyl/N-ethyl adjacent to an activating group) is 1. The van der Waals surface area contributed by atoms with E-state index in [1.165, 1.54) is 19.3 Å². The molecule has 0 spiro atoms. The van der Waals surface area contributed by atoms with Crippen LogP contribution in [0.15, 0.2) is 11.4 Å². The van der Waals surface area contributed by atoms with Gasteiger partial charge in [0, 0.05) is 37.1 Å². The Morgan fingerprint density at radius 2 is 2.19 bits per heavy atom. The lowest BCUT2D eigenvalue weighted by Gasteiger charge is -2.35. The summed E-state index contributed by atoms with van der Waals surface area (Å²) < 4.78 is 0. The number of nitrogens with one attached hydrogen (secondary N) is 2. The van der Waals surface area contributed by atoms with E-state index < -0.39 is 0 Å². The predicted molar refractivity (Wildman–Crippen MR) is 86.7 cm³/mol. The molecule has 116 valence electrons. The number of piperidine rings is 1. The first-order valence-corrected chi connectivity index (χ1v) is 8.89. The molecule has 0 bridgehead atoms. The van der Waals surface area contributed by atoms with Crippen molar-refractivity contribution < 1.29 is 4.79 Å². The first kappa shape index (κ1) is 15.0. The zero-order valence-electron chi connectivity index (χ0n) is 12.7. The van der Waals surface area contributed by atoms with Crippen molar-refractivity contribution in [2.45, 2.75) is 44.2 Å². The van der Waals surface area contributed by atoms with Gasteiger partial charge in [-0.1, -0.05) is 0 Å². The van der Waals surface area contributed by atoms with Gasteiger partial charge in [0.15, 0.2) is 0 Å². The maximum atomic E-state index is 11.4. The van der Waals surface area contributed by atoms with Gasteiger partial charge in [0.05, 0.1) is 6.54 Å². The van der Waals surface area contributed by atoms with Crippen molar-refractivity contribution in [3.63, 3.8) is 0 Å². The van der Waals surface area contributed by atoms with Gasteiger partial charge in [-0.3, -0.25) is 9.69 Å². The maximum Gasteiger partial charge on any atom is 0.233 e. The van der Waals surface area contributed by atoms with E-state index in [1.807, 2.05) is 11.3 Å². The maximum absolute atomic E-state index is 11.4. The highest BCUT2D eigenvalue weighted by Crippen LogP contribution is 2.34. The lowest BCUT2D eigenvalue weighted by Crippen LogP contribution is -2.46. The van der Waals surface area contributed by atoms with Crippen molar-refractivity contribution in [2.24, 2.45) is 0 Å². The third kappa shape index (κ3) is 3.65. The molecule has 4 nitrogen and oxygen atoms in total. The normalized spacial score (nSPS) is 23.8. The molecule has 2 aliphatic rings. The quantitative estimate of drug-likeness (QED) is 0.893. The molecular formula is C16H25N3OS. The van der Waals surface area contributed by atoms with Crippen molar-refractivity contribution >= 4 is 17.2 Å². The summed E-state index contributed by atoms with van der Waals surface area (Å²) in [6, 6.07) is 3.45. The molecule has 1 unspecified atom stereocenters. The molecule has 5 heteroatoms. The minimum absolute atomic E-state index is 0.122. The molecule has 0 saturated carbocycles. The molecule has 3 rings (SSSR count). The summed E-state index contributed by atoms with van der Waals surface area (Å²) in [5.41, 5.74) is 1.54. The molecule has 2 heterocycles. The summed E-state index contributed by atoms with van der Waals surface area (Å²) >= 11 is 1.91. The standard InChI is InChI=1S/C16H25N3OS/c1-17-16(20)11-19-8-5-12(6-9-19)18-14-3-2-4-15-13(14)7-10-21-15/h7,10,12,14,18H,2-6,8-9,11H2,1H3,(H,17,20). The topological polar surface area (TPSA) is 44.4 Å². The van der Waals surface area contributed by atoms with Crippen LogP contribution in [0.25, 0.3) is 0 Å². The predicted octanol–water partition coefficient (Wildman–Crippen LogP) is 1.93. The van der Waals surface area contributed by atoms with Crippen molar-refractivity contribution in [2.75, 3.05) is 26.7 Å². The fourth-order valence-corrected chi connectivity index (χ4v) is 4.47. The third-order valence-electron chi connectivity index (χ3n) is 4.72. The van der Waals surface area contributed by atoms with Crippen LogP contribution < -0.4 is 10.6 Å². The molecule has 1 amide bonds. The molecule has 1 saturated heterocycles. The molecule has 1 fully saturated rings. The number of hydrogen-bond donors (Lipinski definition) is 2. The van der Waals surface area contributed by atoms with E-state index in [9.17, 15) is 4.79 Å². The van der Waals surface area contributed by atoms with Crippen LogP contribution in [-0.2, 0) is 11.2 Å². The average Bonchev–Trinajstić information content (AvgIpc) is 2.99. The van der Waals surface area contributed by atoms with Crippen LogP contribution in [0.2, 0.25) is 0 Å². The zero-order valence-corrected chi connectivity index (χ0v) is 13.5. The Kier molecular flexibility index (Phi) is 4.93. The Labute approximate surface area is 130 Å². The van der Waals surface area contributed by atoms with E-state index in [-0.39, 0.29) is 5.91 Å². The van der Waals surface area contributed by atoms with E-state index >= 15 is 0 Å². The SMILES string of the molecule is CNC(=O)CN1CCC(NC2CCCc3sccc32)CC1. The number of amides is 1. The minimum Gasteiger partial charge on any atom is -0.358 e. The molecule has 1 aliphatic heterocycles. The summed E-state index contributed by atoms with van der Waals surface area (Å²) in [4.78, 5) is 15.3. The van der Waals surface area contributed by atoms with Crippen LogP contribution in [-0.4, -0.2) is 43.5 Å². The first-order chi connectivity index (χ1) is 10.3. The molecule has 1 atom stereocenters. The summed E-state index contributed by atoms with van der Waals surface area (Å²) in [5, 5.41) is 8.80. The molecule has 1 aliphatic carbocycles. The van der Waals surface area contributed by atoms with Gasteiger partial charge in [-0.05, 0) is 49.1 Å². The number of rotatable bonds is 4. The molecule has 1 aromatic heterocycles. The van der Waals surface area contributed by atoms with Crippen LogP contribution in [0.3, 0.4) is 0 Å². The van der Waals surface area contributed by atoms with Crippen LogP contribution in [0.5, 0.6) is 0 Å². The number of fused-ring (bicyclic) bond motifs is 1. The number of thiophene rings is 1. The Morgan fingerprint density at radius 1 is 1.38 bits per heavy atom. The van der Waals surface area contributed by atoms with Crippen molar-refractivity contribution in [3.05, 3.63) is 21.9 Å². The number of carbonyl (C=O) groups is 1. The van der Waals surface area contributed by atoms with E-state index in [0.717, 1.165) is 25.9 Å². The molecular weight excluding hydrogens is 282 g/mol. The van der Waals surface area contributed by atoms with Gasteiger partial charge in [-0.2, -0.15) is 0 Å². The molecule has 1 aromatic rings. The average molecular weight is 307 g/mol. The number of nitrogens with zero attached hydrogens (tertiary/aromatic N) is 1. The monoisotopic (exact) mass is 307 g/mol. The van der Waals surface area contributed by atoms with Gasteiger partial charge in [0.2, 0.25) is 5.91 Å². The van der Waals surface area contributed by atoms with Gasteiger partial charge in [-0.25, -0.2) is 0 Å². The van der Waals surface area contributed by atoms with Crippen LogP contribution in [0.1, 0.15) is 42.2 Å². The van der Waals surface area contributed by atoms with Crippen molar-refractivity contribution in [3.8, 4) is 0 Å². The fraction of sp³-hybridized carbons (Fsp3) is 0.688. The van der Waals surface area contributed by atoms with Crippen molar-refractivity contribution in [1.29, 1.82) is 0 Å². The molecule has 2 N–H and O–H groups in total. The summed E-state index contributed by atoms with van der Waals surface area (Å²) in [6.45, 7) is 2.59. The van der Waals surface area contributed by atoms with Crippen molar-refractivity contribution in [1.82, 2.24) is 15.5 Å². The Hall–Kier alpha value is -0.910. The Morgan fingerprint density at radius 3 is 2.95 bits per heavy atom. The number of hydrogen-bond acceptors (Lipinski definition) is 4. The Bertz CT molecular complexity index is 480. The van der Waals surface area contributed by atoms with E-state index in [2.05, 4.69) is 27.0 Å². The highest BCUT2D eigenvalue weighted by Gasteiger charge is 2.26. The van der Waals surface area contributed by atoms with Gasteiger partial charge < -0.3 is 10.6 Å². The Balaban J connectivity index is 1.49. The number of aryl methyl sites for hydroxylation is 1. The summed E-state index contributed by atoms with van der Waals surface area (Å²) in [7, 11) is 1.71. The van der Waals surface area contributed by atoms with Crippen LogP contribution >= 0.6 is 11.3 Å². The largest absolute Gasteiger partial charge is 0.358 e. The second kappa shape index (κ2) is 6.90. The smallest absolute Gasteiger partial charge is 0.233 e.